The Labute approximate surface area is 157 Å². The van der Waals surface area contributed by atoms with Crippen LogP contribution in [0.3, 0.4) is 0 Å². The number of carbonyl (C=O) groups is 2. The highest BCUT2D eigenvalue weighted by molar-refractivity contribution is 5.98. The number of carbonyl (C=O) groups excluding carboxylic acids is 2. The van der Waals surface area contributed by atoms with Gasteiger partial charge in [-0.25, -0.2) is 9.18 Å². The normalized spacial score (nSPS) is 11.4. The summed E-state index contributed by atoms with van der Waals surface area (Å²) in [6.45, 7) is 2.43. The van der Waals surface area contributed by atoms with E-state index in [1.165, 1.54) is 26.0 Å². The SMILES string of the molecule is Cc1c([N+](=O)[O-])cc(C(=O)O[C@H](C)C(=O)Nc2ccc(F)cc2)cc1[N+](=O)[O-]. The molecule has 1 N–H and O–H groups in total. The van der Waals surface area contributed by atoms with Gasteiger partial charge in [-0.05, 0) is 38.1 Å². The quantitative estimate of drug-likeness (QED) is 0.453. The first-order valence-electron chi connectivity index (χ1n) is 7.81. The number of nitro benzene ring substituents is 2. The minimum Gasteiger partial charge on any atom is -0.449 e. The van der Waals surface area contributed by atoms with Gasteiger partial charge in [-0.2, -0.15) is 0 Å². The number of ether oxygens (including phenoxy) is 1. The third kappa shape index (κ3) is 4.63. The number of hydrogen-bond acceptors (Lipinski definition) is 7. The van der Waals surface area contributed by atoms with Crippen molar-refractivity contribution >= 4 is 28.9 Å². The summed E-state index contributed by atoms with van der Waals surface area (Å²) < 4.78 is 17.8. The van der Waals surface area contributed by atoms with Gasteiger partial charge in [0.1, 0.15) is 11.4 Å². The van der Waals surface area contributed by atoms with Crippen molar-refractivity contribution in [3.63, 3.8) is 0 Å². The predicted molar refractivity (Wildman–Crippen MR) is 94.4 cm³/mol. The number of nitro groups is 2. The standard InChI is InChI=1S/C17H14FN3O7/c1-9-14(20(24)25)7-11(8-15(9)21(26)27)17(23)28-10(2)16(22)19-13-5-3-12(18)4-6-13/h3-8,10H,1-2H3,(H,19,22)/t10-/m1/s1. The third-order valence-electron chi connectivity index (χ3n) is 3.75. The number of rotatable bonds is 6. The molecule has 0 heterocycles. The van der Waals surface area contributed by atoms with E-state index in [1.807, 2.05) is 0 Å². The van der Waals surface area contributed by atoms with E-state index in [2.05, 4.69) is 5.32 Å². The summed E-state index contributed by atoms with van der Waals surface area (Å²) in [4.78, 5) is 44.7. The van der Waals surface area contributed by atoms with Crippen LogP contribution in [0.15, 0.2) is 36.4 Å². The van der Waals surface area contributed by atoms with Crippen LogP contribution in [0.2, 0.25) is 0 Å². The molecule has 0 spiro atoms. The van der Waals surface area contributed by atoms with E-state index in [1.54, 1.807) is 0 Å². The van der Waals surface area contributed by atoms with Crippen molar-refractivity contribution in [3.8, 4) is 0 Å². The van der Waals surface area contributed by atoms with Gasteiger partial charge in [0.05, 0.1) is 15.4 Å². The molecular formula is C17H14FN3O7. The van der Waals surface area contributed by atoms with Crippen molar-refractivity contribution in [3.05, 3.63) is 73.6 Å². The lowest BCUT2D eigenvalue weighted by atomic mass is 10.1. The fraction of sp³-hybridized carbons (Fsp3) is 0.176. The molecule has 0 unspecified atom stereocenters. The minimum atomic E-state index is -1.32. The number of amides is 1. The summed E-state index contributed by atoms with van der Waals surface area (Å²) in [7, 11) is 0. The van der Waals surface area contributed by atoms with Crippen molar-refractivity contribution in [2.45, 2.75) is 20.0 Å². The Bertz CT molecular complexity index is 925. The maximum atomic E-state index is 12.9. The highest BCUT2D eigenvalue weighted by atomic mass is 19.1. The predicted octanol–water partition coefficient (Wildman–Crippen LogP) is 3.13. The molecule has 0 radical (unpaired) electrons. The van der Waals surface area contributed by atoms with E-state index in [4.69, 9.17) is 4.74 Å². The van der Waals surface area contributed by atoms with Crippen LogP contribution in [-0.2, 0) is 9.53 Å². The van der Waals surface area contributed by atoms with E-state index >= 15 is 0 Å². The Hall–Kier alpha value is -3.89. The second-order valence-corrected chi connectivity index (χ2v) is 5.70. The summed E-state index contributed by atoms with van der Waals surface area (Å²) in [6, 6.07) is 6.53. The monoisotopic (exact) mass is 391 g/mol. The zero-order valence-electron chi connectivity index (χ0n) is 14.7. The molecule has 146 valence electrons. The van der Waals surface area contributed by atoms with Crippen molar-refractivity contribution in [2.24, 2.45) is 0 Å². The molecule has 11 heteroatoms. The Morgan fingerprint density at radius 2 is 1.57 bits per heavy atom. The molecule has 1 atom stereocenters. The fourth-order valence-electron chi connectivity index (χ4n) is 2.24. The Morgan fingerprint density at radius 3 is 2.04 bits per heavy atom. The topological polar surface area (TPSA) is 142 Å². The second-order valence-electron chi connectivity index (χ2n) is 5.70. The van der Waals surface area contributed by atoms with E-state index in [9.17, 15) is 34.2 Å². The molecule has 2 aromatic carbocycles. The average molecular weight is 391 g/mol. The van der Waals surface area contributed by atoms with Crippen LogP contribution in [0.1, 0.15) is 22.8 Å². The molecule has 10 nitrogen and oxygen atoms in total. The van der Waals surface area contributed by atoms with Gasteiger partial charge in [-0.3, -0.25) is 25.0 Å². The molecular weight excluding hydrogens is 377 g/mol. The largest absolute Gasteiger partial charge is 0.449 e. The lowest BCUT2D eigenvalue weighted by molar-refractivity contribution is -0.395. The maximum Gasteiger partial charge on any atom is 0.339 e. The van der Waals surface area contributed by atoms with Gasteiger partial charge in [-0.1, -0.05) is 0 Å². The lowest BCUT2D eigenvalue weighted by Crippen LogP contribution is -2.30. The Morgan fingerprint density at radius 1 is 1.07 bits per heavy atom. The molecule has 0 saturated heterocycles. The first-order valence-corrected chi connectivity index (χ1v) is 7.81. The zero-order chi connectivity index (χ0) is 21.0. The van der Waals surface area contributed by atoms with Crippen LogP contribution >= 0.6 is 0 Å². The first-order chi connectivity index (χ1) is 13.1. The highest BCUT2D eigenvalue weighted by Gasteiger charge is 2.27. The van der Waals surface area contributed by atoms with Gasteiger partial charge in [0.15, 0.2) is 6.10 Å². The molecule has 0 aliphatic carbocycles. The smallest absolute Gasteiger partial charge is 0.339 e. The third-order valence-corrected chi connectivity index (χ3v) is 3.75. The van der Waals surface area contributed by atoms with Gasteiger partial charge in [0.25, 0.3) is 17.3 Å². The van der Waals surface area contributed by atoms with Crippen LogP contribution in [-0.4, -0.2) is 27.8 Å². The average Bonchev–Trinajstić information content (AvgIpc) is 2.63. The van der Waals surface area contributed by atoms with Gasteiger partial charge in [-0.15, -0.1) is 0 Å². The Balaban J connectivity index is 2.19. The summed E-state index contributed by atoms with van der Waals surface area (Å²) in [5.74, 6) is -2.39. The first kappa shape index (κ1) is 20.4. The number of nitrogens with one attached hydrogen (secondary N) is 1. The van der Waals surface area contributed by atoms with Crippen LogP contribution in [0.5, 0.6) is 0 Å². The highest BCUT2D eigenvalue weighted by Crippen LogP contribution is 2.29. The molecule has 1 amide bonds. The molecule has 0 fully saturated rings. The zero-order valence-corrected chi connectivity index (χ0v) is 14.7. The van der Waals surface area contributed by atoms with Gasteiger partial charge in [0.2, 0.25) is 0 Å². The molecule has 2 aromatic rings. The van der Waals surface area contributed by atoms with Crippen molar-refractivity contribution in [1.82, 2.24) is 0 Å². The maximum absolute atomic E-state index is 12.9. The molecule has 28 heavy (non-hydrogen) atoms. The second kappa shape index (κ2) is 8.20. The number of nitrogens with zero attached hydrogens (tertiary/aromatic N) is 2. The fourth-order valence-corrected chi connectivity index (χ4v) is 2.24. The molecule has 0 aliphatic rings. The molecule has 0 aromatic heterocycles. The van der Waals surface area contributed by atoms with Crippen molar-refractivity contribution < 1.29 is 28.6 Å². The summed E-state index contributed by atoms with van der Waals surface area (Å²) in [5, 5.41) is 24.5. The molecule has 0 bridgehead atoms. The van der Waals surface area contributed by atoms with Crippen molar-refractivity contribution in [2.75, 3.05) is 5.32 Å². The molecule has 0 saturated carbocycles. The number of esters is 1. The van der Waals surface area contributed by atoms with E-state index < -0.39 is 50.6 Å². The van der Waals surface area contributed by atoms with Crippen LogP contribution in [0.25, 0.3) is 0 Å². The van der Waals surface area contributed by atoms with E-state index in [0.29, 0.717) is 0 Å². The van der Waals surface area contributed by atoms with Crippen LogP contribution in [0.4, 0.5) is 21.5 Å². The van der Waals surface area contributed by atoms with Gasteiger partial charge in [0, 0.05) is 17.8 Å². The van der Waals surface area contributed by atoms with Gasteiger partial charge < -0.3 is 10.1 Å². The number of anilines is 1. The van der Waals surface area contributed by atoms with Crippen LogP contribution < -0.4 is 5.32 Å². The molecule has 0 aliphatic heterocycles. The van der Waals surface area contributed by atoms with E-state index in [0.717, 1.165) is 24.3 Å². The summed E-state index contributed by atoms with van der Waals surface area (Å²) in [6.07, 6.45) is -1.32. The summed E-state index contributed by atoms with van der Waals surface area (Å²) >= 11 is 0. The van der Waals surface area contributed by atoms with E-state index in [-0.39, 0.29) is 11.3 Å². The minimum absolute atomic E-state index is 0.214. The molecule has 2 rings (SSSR count). The number of benzene rings is 2. The lowest BCUT2D eigenvalue weighted by Gasteiger charge is -2.13. The summed E-state index contributed by atoms with van der Waals surface area (Å²) in [5.41, 5.74) is -1.64. The van der Waals surface area contributed by atoms with Crippen molar-refractivity contribution in [1.29, 1.82) is 0 Å². The number of hydrogen-bond donors (Lipinski definition) is 1. The number of halogens is 1. The Kier molecular flexibility index (Phi) is 5.98. The van der Waals surface area contributed by atoms with Gasteiger partial charge >= 0.3 is 5.97 Å². The van der Waals surface area contributed by atoms with Crippen LogP contribution in [0, 0.1) is 33.0 Å².